The fraction of sp³-hybridized carbons (Fsp3) is 0.222. The van der Waals surface area contributed by atoms with Gasteiger partial charge in [-0.3, -0.25) is 14.7 Å². The Balaban J connectivity index is 2.04. The molecule has 0 bridgehead atoms. The minimum absolute atomic E-state index is 0.459. The summed E-state index contributed by atoms with van der Waals surface area (Å²) in [6.07, 6.45) is 3.12. The molecule has 3 aromatic rings. The number of carbonyl (C=O) groups excluding carboxylic acids is 1. The molecular formula is C18H19N3O2. The van der Waals surface area contributed by atoms with Gasteiger partial charge in [0.15, 0.2) is 0 Å². The van der Waals surface area contributed by atoms with Gasteiger partial charge in [-0.2, -0.15) is 5.10 Å². The maximum Gasteiger partial charge on any atom is 0.268 e. The third kappa shape index (κ3) is 3.10. The fourth-order valence-corrected chi connectivity index (χ4v) is 2.75. The number of nitrogens with one attached hydrogen (secondary N) is 1. The Morgan fingerprint density at radius 2 is 2.00 bits per heavy atom. The highest BCUT2D eigenvalue weighted by Crippen LogP contribution is 2.22. The van der Waals surface area contributed by atoms with Crippen molar-refractivity contribution in [2.45, 2.75) is 25.8 Å². The van der Waals surface area contributed by atoms with Crippen molar-refractivity contribution < 1.29 is 10.0 Å². The third-order valence-corrected chi connectivity index (χ3v) is 4.05. The van der Waals surface area contributed by atoms with Crippen LogP contribution >= 0.6 is 0 Å². The van der Waals surface area contributed by atoms with Gasteiger partial charge in [0.2, 0.25) is 0 Å². The quantitative estimate of drug-likeness (QED) is 0.562. The molecule has 5 nitrogen and oxygen atoms in total. The van der Waals surface area contributed by atoms with Crippen LogP contribution in [0.4, 0.5) is 0 Å². The predicted octanol–water partition coefficient (Wildman–Crippen LogP) is 2.89. The van der Waals surface area contributed by atoms with E-state index < -0.39 is 11.9 Å². The second-order valence-electron chi connectivity index (χ2n) is 5.52. The molecule has 2 aromatic carbocycles. The van der Waals surface area contributed by atoms with Crippen molar-refractivity contribution in [1.29, 1.82) is 0 Å². The Kier molecular flexibility index (Phi) is 4.39. The third-order valence-electron chi connectivity index (χ3n) is 4.05. The first-order valence-corrected chi connectivity index (χ1v) is 7.67. The normalized spacial score (nSPS) is 12.3. The predicted molar refractivity (Wildman–Crippen MR) is 88.2 cm³/mol. The van der Waals surface area contributed by atoms with Crippen LogP contribution in [0, 0.1) is 0 Å². The van der Waals surface area contributed by atoms with Gasteiger partial charge in [-0.15, -0.1) is 0 Å². The second kappa shape index (κ2) is 6.62. The molecule has 118 valence electrons. The first-order chi connectivity index (χ1) is 11.2. The lowest BCUT2D eigenvalue weighted by molar-refractivity contribution is -0.132. The monoisotopic (exact) mass is 309 g/mol. The van der Waals surface area contributed by atoms with E-state index in [2.05, 4.69) is 18.1 Å². The molecule has 1 atom stereocenters. The van der Waals surface area contributed by atoms with E-state index in [0.29, 0.717) is 6.42 Å². The molecule has 5 heteroatoms. The van der Waals surface area contributed by atoms with E-state index in [0.717, 1.165) is 22.9 Å². The zero-order chi connectivity index (χ0) is 16.2. The van der Waals surface area contributed by atoms with Crippen LogP contribution in [0.5, 0.6) is 0 Å². The molecule has 0 aliphatic rings. The molecule has 0 aliphatic carbocycles. The highest BCUT2D eigenvalue weighted by molar-refractivity contribution is 5.84. The highest BCUT2D eigenvalue weighted by Gasteiger charge is 2.23. The molecular weight excluding hydrogens is 290 g/mol. The van der Waals surface area contributed by atoms with Gasteiger partial charge in [0.1, 0.15) is 6.04 Å². The van der Waals surface area contributed by atoms with Crippen molar-refractivity contribution in [3.8, 4) is 0 Å². The van der Waals surface area contributed by atoms with Gasteiger partial charge >= 0.3 is 0 Å². The molecule has 0 fully saturated rings. The lowest BCUT2D eigenvalue weighted by atomic mass is 10.0. The number of hydrogen-bond donors (Lipinski definition) is 2. The van der Waals surface area contributed by atoms with Gasteiger partial charge in [-0.05, 0) is 23.6 Å². The van der Waals surface area contributed by atoms with Crippen molar-refractivity contribution in [1.82, 2.24) is 15.3 Å². The maximum atomic E-state index is 12.2. The Labute approximate surface area is 134 Å². The van der Waals surface area contributed by atoms with E-state index in [4.69, 9.17) is 5.21 Å². The summed E-state index contributed by atoms with van der Waals surface area (Å²) in [5.74, 6) is -0.472. The molecule has 0 saturated heterocycles. The number of amides is 1. The van der Waals surface area contributed by atoms with E-state index in [-0.39, 0.29) is 0 Å². The van der Waals surface area contributed by atoms with Gasteiger partial charge < -0.3 is 0 Å². The number of fused-ring (bicyclic) bond motifs is 1. The number of hydrogen-bond acceptors (Lipinski definition) is 3. The average molecular weight is 309 g/mol. The van der Waals surface area contributed by atoms with Crippen LogP contribution in [-0.2, 0) is 17.6 Å². The van der Waals surface area contributed by atoms with Crippen molar-refractivity contribution >= 4 is 16.8 Å². The number of rotatable bonds is 5. The molecule has 1 heterocycles. The Hall–Kier alpha value is -2.66. The number of aromatic nitrogens is 2. The van der Waals surface area contributed by atoms with Crippen molar-refractivity contribution in [2.24, 2.45) is 0 Å². The van der Waals surface area contributed by atoms with Crippen LogP contribution in [0.15, 0.2) is 54.7 Å². The van der Waals surface area contributed by atoms with E-state index >= 15 is 0 Å². The van der Waals surface area contributed by atoms with Crippen molar-refractivity contribution in [3.63, 3.8) is 0 Å². The average Bonchev–Trinajstić information content (AvgIpc) is 3.02. The number of carbonyl (C=O) groups is 1. The van der Waals surface area contributed by atoms with E-state index in [1.807, 2.05) is 42.5 Å². The molecule has 0 aliphatic heterocycles. The van der Waals surface area contributed by atoms with Crippen LogP contribution in [0.3, 0.4) is 0 Å². The molecule has 0 spiro atoms. The summed E-state index contributed by atoms with van der Waals surface area (Å²) >= 11 is 0. The Morgan fingerprint density at radius 3 is 2.70 bits per heavy atom. The van der Waals surface area contributed by atoms with Gasteiger partial charge in [-0.25, -0.2) is 5.48 Å². The summed E-state index contributed by atoms with van der Waals surface area (Å²) in [4.78, 5) is 12.2. The molecule has 23 heavy (non-hydrogen) atoms. The first kappa shape index (κ1) is 15.2. The lowest BCUT2D eigenvalue weighted by Crippen LogP contribution is -2.32. The number of aryl methyl sites for hydroxylation is 1. The summed E-state index contributed by atoms with van der Waals surface area (Å²) in [5.41, 5.74) is 4.86. The number of benzene rings is 2. The van der Waals surface area contributed by atoms with Crippen LogP contribution in [0.1, 0.15) is 24.1 Å². The van der Waals surface area contributed by atoms with Crippen LogP contribution in [0.2, 0.25) is 0 Å². The highest BCUT2D eigenvalue weighted by atomic mass is 16.5. The van der Waals surface area contributed by atoms with Crippen molar-refractivity contribution in [2.75, 3.05) is 0 Å². The SMILES string of the molecule is CCc1ccc2cnn(C(Cc3ccccc3)C(=O)NO)c2c1. The minimum Gasteiger partial charge on any atom is -0.289 e. The summed E-state index contributed by atoms with van der Waals surface area (Å²) < 4.78 is 1.69. The number of hydroxylamine groups is 1. The van der Waals surface area contributed by atoms with Crippen LogP contribution < -0.4 is 5.48 Å². The summed E-state index contributed by atoms with van der Waals surface area (Å²) in [7, 11) is 0. The smallest absolute Gasteiger partial charge is 0.268 e. The van der Waals surface area contributed by atoms with Crippen LogP contribution in [-0.4, -0.2) is 20.9 Å². The largest absolute Gasteiger partial charge is 0.289 e. The molecule has 0 radical (unpaired) electrons. The van der Waals surface area contributed by atoms with Gasteiger partial charge in [-0.1, -0.05) is 49.4 Å². The zero-order valence-corrected chi connectivity index (χ0v) is 12.9. The maximum absolute atomic E-state index is 12.2. The molecule has 0 saturated carbocycles. The van der Waals surface area contributed by atoms with E-state index in [9.17, 15) is 4.79 Å². The van der Waals surface area contributed by atoms with E-state index in [1.165, 1.54) is 5.56 Å². The van der Waals surface area contributed by atoms with E-state index in [1.54, 1.807) is 16.4 Å². The summed E-state index contributed by atoms with van der Waals surface area (Å²) in [5, 5.41) is 14.5. The standard InChI is InChI=1S/C18H19N3O2/c1-2-13-8-9-15-12-19-21(16(15)10-13)17(18(22)20-23)11-14-6-4-3-5-7-14/h3-10,12,17,23H,2,11H2,1H3,(H,20,22). The Morgan fingerprint density at radius 1 is 1.22 bits per heavy atom. The minimum atomic E-state index is -0.605. The Bertz CT molecular complexity index is 812. The molecule has 2 N–H and O–H groups in total. The second-order valence-corrected chi connectivity index (χ2v) is 5.52. The lowest BCUT2D eigenvalue weighted by Gasteiger charge is -2.17. The molecule has 1 unspecified atom stereocenters. The molecule has 3 rings (SSSR count). The topological polar surface area (TPSA) is 67.2 Å². The summed E-state index contributed by atoms with van der Waals surface area (Å²) in [6, 6.07) is 15.2. The van der Waals surface area contributed by atoms with Crippen molar-refractivity contribution in [3.05, 3.63) is 65.9 Å². The molecule has 1 amide bonds. The van der Waals surface area contributed by atoms with Crippen LogP contribution in [0.25, 0.3) is 10.9 Å². The fourth-order valence-electron chi connectivity index (χ4n) is 2.75. The van der Waals surface area contributed by atoms with Gasteiger partial charge in [0.25, 0.3) is 5.91 Å². The van der Waals surface area contributed by atoms with Gasteiger partial charge in [0.05, 0.1) is 11.7 Å². The first-order valence-electron chi connectivity index (χ1n) is 7.67. The zero-order valence-electron chi connectivity index (χ0n) is 12.9. The van der Waals surface area contributed by atoms with Gasteiger partial charge in [0, 0.05) is 11.8 Å². The molecule has 1 aromatic heterocycles. The summed E-state index contributed by atoms with van der Waals surface area (Å²) in [6.45, 7) is 2.09. The number of nitrogens with zero attached hydrogens (tertiary/aromatic N) is 2.